The predicted molar refractivity (Wildman–Crippen MR) is 183 cm³/mol. The molecule has 1 heterocycles. The SMILES string of the molecule is Cc1cc(C)c(N=C(c2c(F)c(F)c(F)c(F)c2F)N2C=[N+](C(=Nc3c(C(C)C)cccc3C(C)C)c3ccccc3)CCC2)c(Cl)c1. The van der Waals surface area contributed by atoms with E-state index in [1.54, 1.807) is 25.4 Å². The van der Waals surface area contributed by atoms with Crippen LogP contribution in [-0.2, 0) is 0 Å². The average molecular weight is 680 g/mol. The Morgan fingerprint density at radius 1 is 0.750 bits per heavy atom. The Kier molecular flexibility index (Phi) is 10.5. The Hall–Kier alpha value is -4.37. The molecule has 0 radical (unpaired) electrons. The Morgan fingerprint density at radius 2 is 1.33 bits per heavy atom. The van der Waals surface area contributed by atoms with Crippen LogP contribution in [0, 0.1) is 42.9 Å². The van der Waals surface area contributed by atoms with Gasteiger partial charge in [0.15, 0.2) is 29.6 Å². The highest BCUT2D eigenvalue weighted by Crippen LogP contribution is 2.36. The molecular weight excluding hydrogens is 643 g/mol. The minimum absolute atomic E-state index is 0.149. The number of aryl methyl sites for hydroxylation is 2. The summed E-state index contributed by atoms with van der Waals surface area (Å²) in [5.41, 5.74) is 4.08. The summed E-state index contributed by atoms with van der Waals surface area (Å²) in [6, 6.07) is 19.0. The number of benzene rings is 4. The van der Waals surface area contributed by atoms with Crippen LogP contribution < -0.4 is 0 Å². The summed E-state index contributed by atoms with van der Waals surface area (Å²) in [6.45, 7) is 12.5. The molecule has 0 saturated carbocycles. The van der Waals surface area contributed by atoms with E-state index in [1.165, 1.54) is 4.90 Å². The molecular formula is C38H37ClF5N4+. The predicted octanol–water partition coefficient (Wildman–Crippen LogP) is 10.5. The highest BCUT2D eigenvalue weighted by atomic mass is 35.5. The second-order valence-electron chi connectivity index (χ2n) is 12.5. The van der Waals surface area contributed by atoms with Crippen LogP contribution in [-0.4, -0.2) is 40.6 Å². The monoisotopic (exact) mass is 679 g/mol. The van der Waals surface area contributed by atoms with E-state index in [-0.39, 0.29) is 29.1 Å². The molecule has 4 aromatic carbocycles. The Labute approximate surface area is 282 Å². The minimum Gasteiger partial charge on any atom is -0.249 e. The van der Waals surface area contributed by atoms with Gasteiger partial charge in [0.05, 0.1) is 29.4 Å². The largest absolute Gasteiger partial charge is 0.270 e. The van der Waals surface area contributed by atoms with Crippen LogP contribution in [0.3, 0.4) is 0 Å². The van der Waals surface area contributed by atoms with Crippen molar-refractivity contribution in [2.75, 3.05) is 13.1 Å². The van der Waals surface area contributed by atoms with Crippen molar-refractivity contribution in [2.45, 2.75) is 59.8 Å². The van der Waals surface area contributed by atoms with Gasteiger partial charge in [-0.05, 0) is 66.1 Å². The molecule has 1 aliphatic rings. The van der Waals surface area contributed by atoms with Crippen molar-refractivity contribution < 1.29 is 26.5 Å². The highest BCUT2D eigenvalue weighted by molar-refractivity contribution is 6.33. The number of amidine groups is 2. The molecule has 0 spiro atoms. The van der Waals surface area contributed by atoms with Crippen molar-refractivity contribution in [3.05, 3.63) is 128 Å². The van der Waals surface area contributed by atoms with Gasteiger partial charge in [0.2, 0.25) is 11.7 Å². The Morgan fingerprint density at radius 3 is 1.90 bits per heavy atom. The van der Waals surface area contributed by atoms with Gasteiger partial charge in [-0.1, -0.05) is 81.8 Å². The molecule has 0 N–H and O–H groups in total. The minimum atomic E-state index is -2.25. The third kappa shape index (κ3) is 6.92. The third-order valence-corrected chi connectivity index (χ3v) is 8.55. The normalized spacial score (nSPS) is 14.3. The molecule has 10 heteroatoms. The molecule has 1 aliphatic heterocycles. The topological polar surface area (TPSA) is 31.0 Å². The van der Waals surface area contributed by atoms with Crippen molar-refractivity contribution in [1.29, 1.82) is 0 Å². The fraction of sp³-hybridized carbons (Fsp3) is 0.289. The molecule has 250 valence electrons. The first-order valence-corrected chi connectivity index (χ1v) is 16.2. The summed E-state index contributed by atoms with van der Waals surface area (Å²) >= 11 is 6.54. The van der Waals surface area contributed by atoms with Crippen LogP contribution in [0.5, 0.6) is 0 Å². The number of nitrogens with zero attached hydrogens (tertiary/aromatic N) is 4. The highest BCUT2D eigenvalue weighted by Gasteiger charge is 2.35. The van der Waals surface area contributed by atoms with Crippen LogP contribution in [0.2, 0.25) is 5.02 Å². The molecule has 0 aromatic heterocycles. The van der Waals surface area contributed by atoms with Gasteiger partial charge in [-0.25, -0.2) is 36.4 Å². The standard InChI is InChI=1S/C38H37ClF5N4/c1-21(2)26-14-10-15-27(22(3)4)36(26)46-37(25-12-8-7-9-13-25)47-16-11-17-48(20-47)38(45-35-24(6)18-23(5)19-28(35)39)29-30(40)32(42)34(44)33(43)31(29)41/h7-10,12-15,18-22H,11,16-17H2,1-6H3/q+1. The zero-order valence-corrected chi connectivity index (χ0v) is 28.4. The number of halogens is 6. The molecule has 5 rings (SSSR count). The summed E-state index contributed by atoms with van der Waals surface area (Å²) in [6.07, 6.45) is 2.01. The van der Waals surface area contributed by atoms with Crippen molar-refractivity contribution in [2.24, 2.45) is 9.98 Å². The zero-order chi connectivity index (χ0) is 34.9. The van der Waals surface area contributed by atoms with Gasteiger partial charge in [0, 0.05) is 6.42 Å². The first-order valence-electron chi connectivity index (χ1n) is 15.8. The van der Waals surface area contributed by atoms with Crippen molar-refractivity contribution in [3.63, 3.8) is 0 Å². The van der Waals surface area contributed by atoms with Crippen LogP contribution >= 0.6 is 11.6 Å². The van der Waals surface area contributed by atoms with Crippen LogP contribution in [0.4, 0.5) is 33.3 Å². The molecule has 4 aromatic rings. The lowest BCUT2D eigenvalue weighted by molar-refractivity contribution is -0.413. The first-order chi connectivity index (χ1) is 22.8. The molecule has 0 aliphatic carbocycles. The second kappa shape index (κ2) is 14.4. The molecule has 0 bridgehead atoms. The van der Waals surface area contributed by atoms with Gasteiger partial charge in [-0.3, -0.25) is 0 Å². The number of para-hydroxylation sites is 1. The summed E-state index contributed by atoms with van der Waals surface area (Å²) in [5, 5.41) is 0.167. The molecule has 0 atom stereocenters. The molecule has 0 fully saturated rings. The molecule has 0 unspecified atom stereocenters. The average Bonchev–Trinajstić information content (AvgIpc) is 3.06. The first kappa shape index (κ1) is 35.0. The van der Waals surface area contributed by atoms with Gasteiger partial charge in [0.25, 0.3) is 5.84 Å². The van der Waals surface area contributed by atoms with Gasteiger partial charge in [-0.15, -0.1) is 4.99 Å². The van der Waals surface area contributed by atoms with Gasteiger partial charge >= 0.3 is 0 Å². The van der Waals surface area contributed by atoms with Gasteiger partial charge in [0.1, 0.15) is 11.3 Å². The lowest BCUT2D eigenvalue weighted by Crippen LogP contribution is -2.43. The van der Waals surface area contributed by atoms with E-state index >= 15 is 8.78 Å². The van der Waals surface area contributed by atoms with Crippen molar-refractivity contribution in [3.8, 4) is 0 Å². The maximum atomic E-state index is 15.5. The van der Waals surface area contributed by atoms with E-state index in [0.717, 1.165) is 27.9 Å². The summed E-state index contributed by atoms with van der Waals surface area (Å²) < 4.78 is 76.4. The Balaban J connectivity index is 1.80. The smallest absolute Gasteiger partial charge is 0.249 e. The maximum absolute atomic E-state index is 15.5. The summed E-state index contributed by atoms with van der Waals surface area (Å²) in [7, 11) is 0. The van der Waals surface area contributed by atoms with Crippen molar-refractivity contribution in [1.82, 2.24) is 4.90 Å². The summed E-state index contributed by atoms with van der Waals surface area (Å²) in [5.74, 6) is -9.93. The van der Waals surface area contributed by atoms with Crippen molar-refractivity contribution >= 4 is 41.0 Å². The van der Waals surface area contributed by atoms with Gasteiger partial charge in [-0.2, -0.15) is 0 Å². The van der Waals surface area contributed by atoms with E-state index in [2.05, 4.69) is 32.7 Å². The summed E-state index contributed by atoms with van der Waals surface area (Å²) in [4.78, 5) is 11.2. The number of aliphatic imine (C=N–C) groups is 2. The van der Waals surface area contributed by atoms with Crippen LogP contribution in [0.1, 0.15) is 79.3 Å². The lowest BCUT2D eigenvalue weighted by Gasteiger charge is -2.25. The molecule has 48 heavy (non-hydrogen) atoms. The fourth-order valence-corrected chi connectivity index (χ4v) is 6.23. The number of rotatable bonds is 6. The zero-order valence-electron chi connectivity index (χ0n) is 27.7. The molecule has 4 nitrogen and oxygen atoms in total. The van der Waals surface area contributed by atoms with E-state index in [0.29, 0.717) is 24.4 Å². The fourth-order valence-electron chi connectivity index (χ4n) is 5.87. The molecule has 0 saturated heterocycles. The van der Waals surface area contributed by atoms with E-state index in [9.17, 15) is 13.2 Å². The number of hydrogen-bond donors (Lipinski definition) is 0. The van der Waals surface area contributed by atoms with Crippen LogP contribution in [0.15, 0.2) is 70.6 Å². The quantitative estimate of drug-likeness (QED) is 0.0498. The second-order valence-corrected chi connectivity index (χ2v) is 13.0. The maximum Gasteiger partial charge on any atom is 0.270 e. The van der Waals surface area contributed by atoms with Crippen LogP contribution in [0.25, 0.3) is 0 Å². The Bertz CT molecular complexity index is 1870. The van der Waals surface area contributed by atoms with E-state index in [1.807, 2.05) is 60.0 Å². The molecule has 0 amide bonds. The third-order valence-electron chi connectivity index (χ3n) is 8.26. The van der Waals surface area contributed by atoms with E-state index < -0.39 is 40.5 Å². The van der Waals surface area contributed by atoms with Gasteiger partial charge < -0.3 is 0 Å². The lowest BCUT2D eigenvalue weighted by atomic mass is 9.93. The van der Waals surface area contributed by atoms with E-state index in [4.69, 9.17) is 16.6 Å². The number of hydrogen-bond acceptors (Lipinski definition) is 2.